The smallest absolute Gasteiger partial charge is 0.115 e. The van der Waals surface area contributed by atoms with Crippen molar-refractivity contribution in [2.24, 2.45) is 0 Å². The molecular formula is C9H10O2. The van der Waals surface area contributed by atoms with Crippen molar-refractivity contribution in [3.8, 4) is 0 Å². The second-order valence-corrected chi connectivity index (χ2v) is 2.71. The molecule has 0 aromatic rings. The molecule has 0 fully saturated rings. The second-order valence-electron chi connectivity index (χ2n) is 2.71. The zero-order chi connectivity index (χ0) is 7.68. The molecule has 0 aromatic heterocycles. The molecule has 0 aromatic carbocycles. The Balaban J connectivity index is 2.29. The predicted octanol–water partition coefficient (Wildman–Crippen LogP) is 1.71. The topological polar surface area (TPSA) is 29.5 Å². The van der Waals surface area contributed by atoms with Gasteiger partial charge in [-0.3, -0.25) is 0 Å². The molecule has 0 saturated carbocycles. The highest BCUT2D eigenvalue weighted by molar-refractivity contribution is 5.38. The Hall–Kier alpha value is -1.02. The fourth-order valence-electron chi connectivity index (χ4n) is 1.35. The zero-order valence-electron chi connectivity index (χ0n) is 6.16. The minimum absolute atomic E-state index is 0.0830. The van der Waals surface area contributed by atoms with Crippen LogP contribution in [0.2, 0.25) is 0 Å². The molecule has 0 radical (unpaired) electrons. The van der Waals surface area contributed by atoms with Gasteiger partial charge in [0.15, 0.2) is 0 Å². The van der Waals surface area contributed by atoms with E-state index in [1.54, 1.807) is 12.2 Å². The fraction of sp³-hybridized carbons (Fsp3) is 0.333. The van der Waals surface area contributed by atoms with E-state index in [4.69, 9.17) is 9.84 Å². The maximum absolute atomic E-state index is 9.13. The van der Waals surface area contributed by atoms with Crippen LogP contribution in [-0.4, -0.2) is 17.8 Å². The molecule has 2 nitrogen and oxygen atoms in total. The third-order valence-electron chi connectivity index (χ3n) is 1.88. The number of hydrogen-bond acceptors (Lipinski definition) is 2. The normalized spacial score (nSPS) is 28.9. The van der Waals surface area contributed by atoms with Crippen molar-refractivity contribution in [2.45, 2.75) is 12.5 Å². The van der Waals surface area contributed by atoms with Gasteiger partial charge in [0, 0.05) is 0 Å². The number of hydrogen-bond donors (Lipinski definition) is 1. The van der Waals surface area contributed by atoms with Crippen molar-refractivity contribution in [1.82, 2.24) is 0 Å². The summed E-state index contributed by atoms with van der Waals surface area (Å²) in [5, 5.41) is 9.13. The average molecular weight is 150 g/mol. The third-order valence-corrected chi connectivity index (χ3v) is 1.88. The monoisotopic (exact) mass is 150 g/mol. The Bertz CT molecular complexity index is 248. The summed E-state index contributed by atoms with van der Waals surface area (Å²) in [5.41, 5.74) is 1.08. The second kappa shape index (κ2) is 2.55. The Morgan fingerprint density at radius 3 is 3.36 bits per heavy atom. The number of aliphatic hydroxyl groups is 1. The lowest BCUT2D eigenvalue weighted by atomic mass is 10.0. The largest absolute Gasteiger partial charge is 0.508 e. The summed E-state index contributed by atoms with van der Waals surface area (Å²) in [6, 6.07) is 0. The summed E-state index contributed by atoms with van der Waals surface area (Å²) in [6.45, 7) is 0.785. The fourth-order valence-corrected chi connectivity index (χ4v) is 1.35. The quantitative estimate of drug-likeness (QED) is 0.569. The molecule has 1 N–H and O–H groups in total. The van der Waals surface area contributed by atoms with Gasteiger partial charge in [-0.2, -0.15) is 0 Å². The maximum atomic E-state index is 9.13. The molecule has 2 heteroatoms. The molecule has 58 valence electrons. The Kier molecular flexibility index (Phi) is 1.55. The molecule has 2 rings (SSSR count). The highest BCUT2D eigenvalue weighted by atomic mass is 16.5. The van der Waals surface area contributed by atoms with Crippen LogP contribution in [0.15, 0.2) is 35.6 Å². The van der Waals surface area contributed by atoms with Crippen molar-refractivity contribution in [3.05, 3.63) is 35.6 Å². The SMILES string of the molecule is OC1=CC2=CCCOC2C=C1. The third kappa shape index (κ3) is 1.21. The van der Waals surface area contributed by atoms with Gasteiger partial charge in [0.2, 0.25) is 0 Å². The van der Waals surface area contributed by atoms with E-state index >= 15 is 0 Å². The van der Waals surface area contributed by atoms with E-state index in [0.717, 1.165) is 18.6 Å². The van der Waals surface area contributed by atoms with Gasteiger partial charge in [0.05, 0.1) is 6.61 Å². The predicted molar refractivity (Wildman–Crippen MR) is 42.3 cm³/mol. The summed E-state index contributed by atoms with van der Waals surface area (Å²) in [4.78, 5) is 0. The number of fused-ring (bicyclic) bond motifs is 1. The molecule has 0 amide bonds. The first-order valence-corrected chi connectivity index (χ1v) is 3.77. The van der Waals surface area contributed by atoms with Gasteiger partial charge in [0.1, 0.15) is 11.9 Å². The number of aliphatic hydroxyl groups excluding tert-OH is 1. The van der Waals surface area contributed by atoms with Crippen LogP contribution in [0.1, 0.15) is 6.42 Å². The lowest BCUT2D eigenvalue weighted by Crippen LogP contribution is -2.19. The number of rotatable bonds is 0. The van der Waals surface area contributed by atoms with Crippen LogP contribution in [-0.2, 0) is 4.74 Å². The van der Waals surface area contributed by atoms with Crippen LogP contribution < -0.4 is 0 Å². The van der Waals surface area contributed by atoms with E-state index < -0.39 is 0 Å². The molecule has 0 saturated heterocycles. The summed E-state index contributed by atoms with van der Waals surface area (Å²) in [7, 11) is 0. The van der Waals surface area contributed by atoms with E-state index in [2.05, 4.69) is 6.08 Å². The molecule has 1 aliphatic carbocycles. The maximum Gasteiger partial charge on any atom is 0.115 e. The molecule has 1 heterocycles. The van der Waals surface area contributed by atoms with Crippen LogP contribution in [0.4, 0.5) is 0 Å². The van der Waals surface area contributed by atoms with Gasteiger partial charge in [-0.1, -0.05) is 6.08 Å². The summed E-state index contributed by atoms with van der Waals surface area (Å²) < 4.78 is 5.42. The number of allylic oxidation sites excluding steroid dienone is 1. The first-order valence-electron chi connectivity index (χ1n) is 3.77. The van der Waals surface area contributed by atoms with Crippen molar-refractivity contribution < 1.29 is 9.84 Å². The zero-order valence-corrected chi connectivity index (χ0v) is 6.16. The summed E-state index contributed by atoms with van der Waals surface area (Å²) in [6.07, 6.45) is 8.44. The van der Waals surface area contributed by atoms with E-state index in [0.29, 0.717) is 5.76 Å². The van der Waals surface area contributed by atoms with E-state index in [-0.39, 0.29) is 6.10 Å². The van der Waals surface area contributed by atoms with Crippen molar-refractivity contribution in [3.63, 3.8) is 0 Å². The van der Waals surface area contributed by atoms with Gasteiger partial charge in [-0.05, 0) is 30.2 Å². The van der Waals surface area contributed by atoms with Gasteiger partial charge in [-0.25, -0.2) is 0 Å². The summed E-state index contributed by atoms with van der Waals surface area (Å²) >= 11 is 0. The van der Waals surface area contributed by atoms with E-state index in [1.165, 1.54) is 0 Å². The Morgan fingerprint density at radius 1 is 1.55 bits per heavy atom. The lowest BCUT2D eigenvalue weighted by molar-refractivity contribution is 0.103. The molecule has 1 unspecified atom stereocenters. The summed E-state index contributed by atoms with van der Waals surface area (Å²) in [5.74, 6) is 0.318. The van der Waals surface area contributed by atoms with Crippen LogP contribution in [0.25, 0.3) is 0 Å². The Morgan fingerprint density at radius 2 is 2.45 bits per heavy atom. The van der Waals surface area contributed by atoms with E-state index in [1.807, 2.05) is 6.08 Å². The molecule has 1 aliphatic heterocycles. The molecular weight excluding hydrogens is 140 g/mol. The van der Waals surface area contributed by atoms with Crippen LogP contribution >= 0.6 is 0 Å². The highest BCUT2D eigenvalue weighted by Gasteiger charge is 2.16. The lowest BCUT2D eigenvalue weighted by Gasteiger charge is -2.22. The van der Waals surface area contributed by atoms with Crippen molar-refractivity contribution >= 4 is 0 Å². The molecule has 0 spiro atoms. The van der Waals surface area contributed by atoms with Gasteiger partial charge >= 0.3 is 0 Å². The highest BCUT2D eigenvalue weighted by Crippen LogP contribution is 2.21. The first kappa shape index (κ1) is 6.68. The van der Waals surface area contributed by atoms with Crippen LogP contribution in [0.3, 0.4) is 0 Å². The minimum atomic E-state index is 0.0830. The Labute approximate surface area is 65.5 Å². The molecule has 0 bridgehead atoms. The molecule has 2 aliphatic rings. The van der Waals surface area contributed by atoms with E-state index in [9.17, 15) is 0 Å². The molecule has 1 atom stereocenters. The van der Waals surface area contributed by atoms with Crippen molar-refractivity contribution in [1.29, 1.82) is 0 Å². The minimum Gasteiger partial charge on any atom is -0.508 e. The standard InChI is InChI=1S/C9H10O2/c10-8-3-4-9-7(6-8)2-1-5-11-9/h2-4,6,9-10H,1,5H2. The first-order chi connectivity index (χ1) is 5.36. The average Bonchev–Trinajstić information content (AvgIpc) is 2.04. The van der Waals surface area contributed by atoms with Gasteiger partial charge < -0.3 is 9.84 Å². The van der Waals surface area contributed by atoms with Crippen molar-refractivity contribution in [2.75, 3.05) is 6.61 Å². The van der Waals surface area contributed by atoms with Crippen LogP contribution in [0.5, 0.6) is 0 Å². The number of ether oxygens (including phenoxy) is 1. The molecule has 11 heavy (non-hydrogen) atoms. The van der Waals surface area contributed by atoms with Gasteiger partial charge in [0.25, 0.3) is 0 Å². The van der Waals surface area contributed by atoms with Crippen LogP contribution in [0, 0.1) is 0 Å². The van der Waals surface area contributed by atoms with Gasteiger partial charge in [-0.15, -0.1) is 0 Å².